The molecule has 0 N–H and O–H groups in total. The van der Waals surface area contributed by atoms with Crippen LogP contribution in [-0.2, 0) is 53.1 Å². The Kier molecular flexibility index (Phi) is 17.4. The second kappa shape index (κ2) is 24.2. The van der Waals surface area contributed by atoms with Crippen LogP contribution in [0.5, 0.6) is 0 Å². The Balaban J connectivity index is 0.000000132. The SMILES string of the molecule is Cc1c[c-]c(N2C=CN(c3ccc(C)nc3C)[CH-]2)c(C)n1.Cc1c[c-]c(N2[CH-]N(c3ccc(C)nc3C)c3ccccc32)c(C)n1.Cc1cc2c(c(C)n1)N1C=CN(C)C1C2.Cc1cc2c(c(C)n1)N1c3ccccc3N(C)C1C2.[Ir].[Ir]. The molecular formula is C66H70Ir2N14-4. The molecule has 14 nitrogen and oxygen atoms in total. The second-order valence-electron chi connectivity index (χ2n) is 21.6. The van der Waals surface area contributed by atoms with Crippen LogP contribution in [0.2, 0.25) is 0 Å². The van der Waals surface area contributed by atoms with E-state index in [0.29, 0.717) is 12.3 Å². The van der Waals surface area contributed by atoms with Gasteiger partial charge in [-0.05, 0) is 140 Å². The van der Waals surface area contributed by atoms with Crippen molar-refractivity contribution < 1.29 is 40.2 Å². The van der Waals surface area contributed by atoms with E-state index in [-0.39, 0.29) is 40.2 Å². The summed E-state index contributed by atoms with van der Waals surface area (Å²) in [6.07, 6.45) is 11.4. The van der Waals surface area contributed by atoms with E-state index in [1.165, 1.54) is 33.9 Å². The fourth-order valence-electron chi connectivity index (χ4n) is 11.9. The predicted molar refractivity (Wildman–Crippen MR) is 325 cm³/mol. The number of nitrogens with zero attached hydrogens (tertiary/aromatic N) is 14. The minimum absolute atomic E-state index is 0. The minimum Gasteiger partial charge on any atom is -0.499 e. The monoisotopic (exact) mass is 1440 g/mol. The number of rotatable bonds is 4. The van der Waals surface area contributed by atoms with E-state index in [1.807, 2.05) is 104 Å². The summed E-state index contributed by atoms with van der Waals surface area (Å²) < 4.78 is 0. The van der Waals surface area contributed by atoms with Gasteiger partial charge in [-0.15, -0.1) is 13.3 Å². The number of aryl methyl sites for hydroxylation is 12. The third kappa shape index (κ3) is 11.4. The number of para-hydroxylation sites is 4. The molecular weight excluding hydrogens is 1370 g/mol. The molecule has 6 aromatic heterocycles. The molecule has 0 aliphatic carbocycles. The molecule has 0 saturated carbocycles. The minimum atomic E-state index is 0. The van der Waals surface area contributed by atoms with E-state index >= 15 is 0 Å². The average Bonchev–Trinajstić information content (AvgIpc) is 4.29. The van der Waals surface area contributed by atoms with Gasteiger partial charge in [-0.25, -0.2) is 0 Å². The molecule has 2 aromatic carbocycles. The van der Waals surface area contributed by atoms with Gasteiger partial charge in [0.25, 0.3) is 0 Å². The molecule has 82 heavy (non-hydrogen) atoms. The van der Waals surface area contributed by atoms with Crippen LogP contribution in [0.15, 0.2) is 122 Å². The Morgan fingerprint density at radius 1 is 0.415 bits per heavy atom. The molecule has 2 atom stereocenters. The fraction of sp³-hybridized carbons (Fsp3) is 0.273. The van der Waals surface area contributed by atoms with Crippen molar-refractivity contribution in [3.63, 3.8) is 0 Å². The average molecular weight is 1440 g/mol. The summed E-state index contributed by atoms with van der Waals surface area (Å²) in [4.78, 5) is 45.2. The molecule has 12 heterocycles. The number of anilines is 10. The van der Waals surface area contributed by atoms with Crippen LogP contribution in [0.3, 0.4) is 0 Å². The number of fused-ring (bicyclic) bond motifs is 9. The van der Waals surface area contributed by atoms with Gasteiger partial charge in [-0.3, -0.25) is 19.9 Å². The molecule has 0 fully saturated rings. The van der Waals surface area contributed by atoms with E-state index in [1.54, 1.807) is 0 Å². The maximum Gasteiger partial charge on any atom is 0.110 e. The van der Waals surface area contributed by atoms with Crippen molar-refractivity contribution in [1.29, 1.82) is 0 Å². The first-order valence-corrected chi connectivity index (χ1v) is 27.4. The smallest absolute Gasteiger partial charge is 0.110 e. The molecule has 0 bridgehead atoms. The van der Waals surface area contributed by atoms with Gasteiger partial charge in [0.2, 0.25) is 0 Å². The molecule has 426 valence electrons. The number of benzene rings is 2. The third-order valence-electron chi connectivity index (χ3n) is 15.5. The second-order valence-corrected chi connectivity index (χ2v) is 21.6. The summed E-state index contributed by atoms with van der Waals surface area (Å²) in [5, 5.41) is 0. The maximum absolute atomic E-state index is 4.64. The van der Waals surface area contributed by atoms with Crippen molar-refractivity contribution in [2.75, 3.05) is 48.4 Å². The third-order valence-corrected chi connectivity index (χ3v) is 15.5. The molecule has 2 radical (unpaired) electrons. The topological polar surface area (TPSA) is 103 Å². The molecule has 8 aromatic rings. The molecule has 0 amide bonds. The Morgan fingerprint density at radius 3 is 1.50 bits per heavy atom. The molecule has 6 aliphatic rings. The van der Waals surface area contributed by atoms with Gasteiger partial charge < -0.3 is 49.2 Å². The van der Waals surface area contributed by atoms with E-state index in [2.05, 4.69) is 210 Å². The molecule has 14 rings (SSSR count). The summed E-state index contributed by atoms with van der Waals surface area (Å²) in [7, 11) is 4.31. The van der Waals surface area contributed by atoms with Gasteiger partial charge in [0, 0.05) is 125 Å². The number of likely N-dealkylation sites (N-methyl/N-ethyl adjacent to an activating group) is 2. The van der Waals surface area contributed by atoms with Crippen molar-refractivity contribution in [1.82, 2.24) is 34.8 Å². The Bertz CT molecular complexity index is 3610. The van der Waals surface area contributed by atoms with Crippen LogP contribution in [0.1, 0.15) is 79.5 Å². The standard InChI is InChI=1S/C21H20N4.C17H18N4.C16H17N3.C12H15N3.2Ir/c1-14-9-11-18(16(3)22-14)24-13-25(21-8-6-5-7-20(21)24)19-12-10-15(2)23-17(19)4;1-12-5-7-16(14(3)18-12)20-9-10-21(11-20)17-8-6-13(2)19-15(17)4;1-10-8-12-9-15-18(3)13-6-4-5-7-14(13)19(15)16(12)11(2)17-10;1-8-6-10-7-11-14(3)4-5-15(11)12(10)9(2)13-8;;/h5-11,13H,1-4H3;5-7,9-11H,1-4H3;4-8,15H,9H2,1-3H3;4-6,11H,7H2,1-3H3;;/q2*-2;;;;. The van der Waals surface area contributed by atoms with E-state index in [0.717, 1.165) is 115 Å². The maximum atomic E-state index is 4.64. The van der Waals surface area contributed by atoms with Crippen molar-refractivity contribution in [3.8, 4) is 0 Å². The van der Waals surface area contributed by atoms with Crippen molar-refractivity contribution in [2.24, 2.45) is 0 Å². The van der Waals surface area contributed by atoms with Crippen molar-refractivity contribution in [2.45, 2.75) is 108 Å². The first kappa shape index (κ1) is 59.2. The zero-order valence-corrected chi connectivity index (χ0v) is 54.0. The molecule has 0 saturated heterocycles. The number of hydrogen-bond acceptors (Lipinski definition) is 14. The van der Waals surface area contributed by atoms with Gasteiger partial charge in [0.05, 0.1) is 45.5 Å². The number of hydrogen-bond donors (Lipinski definition) is 0. The number of aromatic nitrogens is 6. The largest absolute Gasteiger partial charge is 0.499 e. The first-order chi connectivity index (χ1) is 38.4. The Labute approximate surface area is 512 Å². The van der Waals surface area contributed by atoms with Crippen molar-refractivity contribution in [3.05, 3.63) is 227 Å². The van der Waals surface area contributed by atoms with Gasteiger partial charge >= 0.3 is 0 Å². The zero-order chi connectivity index (χ0) is 56.3. The summed E-state index contributed by atoms with van der Waals surface area (Å²) in [6.45, 7) is 28.6. The van der Waals surface area contributed by atoms with Crippen LogP contribution in [0.4, 0.5) is 56.9 Å². The van der Waals surface area contributed by atoms with Crippen LogP contribution < -0.4 is 34.3 Å². The summed E-state index contributed by atoms with van der Waals surface area (Å²) in [5.74, 6) is 0. The molecule has 6 aliphatic heterocycles. The van der Waals surface area contributed by atoms with Gasteiger partial charge in [-0.1, -0.05) is 86.1 Å². The van der Waals surface area contributed by atoms with Gasteiger partial charge in [0.15, 0.2) is 0 Å². The Hall–Kier alpha value is -7.48. The molecule has 16 heteroatoms. The van der Waals surface area contributed by atoms with Crippen LogP contribution in [-0.4, -0.2) is 61.2 Å². The van der Waals surface area contributed by atoms with E-state index < -0.39 is 0 Å². The summed E-state index contributed by atoms with van der Waals surface area (Å²) >= 11 is 0. The Morgan fingerprint density at radius 2 is 0.902 bits per heavy atom. The summed E-state index contributed by atoms with van der Waals surface area (Å²) in [6, 6.07) is 40.2. The van der Waals surface area contributed by atoms with Crippen LogP contribution in [0.25, 0.3) is 0 Å². The zero-order valence-electron chi connectivity index (χ0n) is 49.2. The number of pyridine rings is 6. The van der Waals surface area contributed by atoms with Crippen LogP contribution >= 0.6 is 0 Å². The first-order valence-electron chi connectivity index (χ1n) is 27.4. The van der Waals surface area contributed by atoms with Crippen molar-refractivity contribution >= 4 is 56.9 Å². The predicted octanol–water partition coefficient (Wildman–Crippen LogP) is 13.3. The summed E-state index contributed by atoms with van der Waals surface area (Å²) in [5.41, 5.74) is 27.0. The normalized spacial score (nSPS) is 16.2. The fourth-order valence-corrected chi connectivity index (χ4v) is 11.9. The van der Waals surface area contributed by atoms with E-state index in [4.69, 9.17) is 0 Å². The van der Waals surface area contributed by atoms with E-state index in [9.17, 15) is 0 Å². The molecule has 2 unspecified atom stereocenters. The quantitative estimate of drug-likeness (QED) is 0.156. The van der Waals surface area contributed by atoms with Gasteiger partial charge in [0.1, 0.15) is 12.3 Å². The molecule has 0 spiro atoms. The van der Waals surface area contributed by atoms with Gasteiger partial charge in [-0.2, -0.15) is 24.3 Å². The van der Waals surface area contributed by atoms with Crippen LogP contribution in [0, 0.1) is 109 Å².